The van der Waals surface area contributed by atoms with Gasteiger partial charge in [0.25, 0.3) is 0 Å². The van der Waals surface area contributed by atoms with Crippen LogP contribution in [0.3, 0.4) is 0 Å². The minimum absolute atomic E-state index is 0. The highest BCUT2D eigenvalue weighted by Gasteiger charge is 2.06. The van der Waals surface area contributed by atoms with E-state index in [0.29, 0.717) is 0 Å². The average Bonchev–Trinajstić information content (AvgIpc) is 2.33. The molecule has 2 nitrogen and oxygen atoms in total. The molecule has 0 aliphatic carbocycles. The Bertz CT molecular complexity index is 202. The molecule has 0 atom stereocenters. The van der Waals surface area contributed by atoms with E-state index in [-0.39, 0.29) is 12.4 Å². The van der Waals surface area contributed by atoms with Crippen molar-refractivity contribution in [2.45, 2.75) is 6.42 Å². The first-order valence-electron chi connectivity index (χ1n) is 3.13. The van der Waals surface area contributed by atoms with Crippen LogP contribution < -0.4 is 5.32 Å². The Balaban J connectivity index is 0.000000500. The molecular weight excluding hydrogens is 148 g/mol. The zero-order valence-electron chi connectivity index (χ0n) is 5.50. The lowest BCUT2D eigenvalue weighted by Crippen LogP contribution is -1.90. The van der Waals surface area contributed by atoms with E-state index in [0.717, 1.165) is 13.0 Å². The predicted molar refractivity (Wildman–Crippen MR) is 43.7 cm³/mol. The molecule has 0 saturated heterocycles. The van der Waals surface area contributed by atoms with Crippen LogP contribution in [0, 0.1) is 0 Å². The van der Waals surface area contributed by atoms with E-state index >= 15 is 0 Å². The molecule has 2 heterocycles. The molecule has 3 heteroatoms. The van der Waals surface area contributed by atoms with Crippen LogP contribution in [0.1, 0.15) is 5.56 Å². The molecule has 0 radical (unpaired) electrons. The second kappa shape index (κ2) is 2.88. The quantitative estimate of drug-likeness (QED) is 0.616. The number of hydrogen-bond donors (Lipinski definition) is 1. The molecule has 1 aromatic rings. The molecule has 10 heavy (non-hydrogen) atoms. The molecule has 0 bridgehead atoms. The second-order valence-electron chi connectivity index (χ2n) is 2.21. The van der Waals surface area contributed by atoms with Crippen molar-refractivity contribution >= 4 is 18.1 Å². The zero-order valence-corrected chi connectivity index (χ0v) is 6.32. The maximum atomic E-state index is 4.02. The minimum Gasteiger partial charge on any atom is -0.384 e. The molecule has 1 aromatic heterocycles. The number of hydrogen-bond acceptors (Lipinski definition) is 2. The first-order valence-corrected chi connectivity index (χ1v) is 3.13. The van der Waals surface area contributed by atoms with Gasteiger partial charge in [-0.05, 0) is 18.1 Å². The number of nitrogens with zero attached hydrogens (tertiary/aromatic N) is 1. The molecule has 0 saturated carbocycles. The maximum Gasteiger partial charge on any atom is 0.0404 e. The standard InChI is InChI=1S/C7H8N2.ClH/c1-4-9-7-2-3-8-5-6(1)7;/h2-3,5,9H,1,4H2;1H. The van der Waals surface area contributed by atoms with Gasteiger partial charge >= 0.3 is 0 Å². The Morgan fingerprint density at radius 2 is 2.40 bits per heavy atom. The van der Waals surface area contributed by atoms with Crippen molar-refractivity contribution in [2.75, 3.05) is 11.9 Å². The summed E-state index contributed by atoms with van der Waals surface area (Å²) in [7, 11) is 0. The molecule has 0 amide bonds. The third kappa shape index (κ3) is 1.07. The van der Waals surface area contributed by atoms with Crippen molar-refractivity contribution in [2.24, 2.45) is 0 Å². The smallest absolute Gasteiger partial charge is 0.0404 e. The Morgan fingerprint density at radius 3 is 3.20 bits per heavy atom. The van der Waals surface area contributed by atoms with Gasteiger partial charge in [-0.3, -0.25) is 4.98 Å². The van der Waals surface area contributed by atoms with Crippen molar-refractivity contribution in [3.05, 3.63) is 24.0 Å². The largest absolute Gasteiger partial charge is 0.384 e. The fraction of sp³-hybridized carbons (Fsp3) is 0.286. The van der Waals surface area contributed by atoms with Crippen LogP contribution >= 0.6 is 12.4 Å². The molecule has 2 rings (SSSR count). The van der Waals surface area contributed by atoms with Crippen LogP contribution in [-0.4, -0.2) is 11.5 Å². The molecule has 1 aliphatic heterocycles. The first-order chi connectivity index (χ1) is 4.47. The van der Waals surface area contributed by atoms with Gasteiger partial charge in [0, 0.05) is 24.6 Å². The van der Waals surface area contributed by atoms with Gasteiger partial charge < -0.3 is 5.32 Å². The molecule has 1 aliphatic rings. The lowest BCUT2D eigenvalue weighted by Gasteiger charge is -1.93. The highest BCUT2D eigenvalue weighted by atomic mass is 35.5. The van der Waals surface area contributed by atoms with Crippen molar-refractivity contribution in [3.63, 3.8) is 0 Å². The number of rotatable bonds is 0. The molecular formula is C7H9ClN2. The van der Waals surface area contributed by atoms with Crippen LogP contribution in [0.4, 0.5) is 5.69 Å². The first kappa shape index (κ1) is 7.35. The van der Waals surface area contributed by atoms with Crippen LogP contribution in [0.15, 0.2) is 18.5 Å². The minimum atomic E-state index is 0. The third-order valence-electron chi connectivity index (χ3n) is 1.61. The Labute approximate surface area is 66.1 Å². The third-order valence-corrected chi connectivity index (χ3v) is 1.61. The topological polar surface area (TPSA) is 24.9 Å². The highest BCUT2D eigenvalue weighted by Crippen LogP contribution is 2.18. The fourth-order valence-corrected chi connectivity index (χ4v) is 1.13. The summed E-state index contributed by atoms with van der Waals surface area (Å²) in [6.45, 7) is 1.07. The van der Waals surface area contributed by atoms with Gasteiger partial charge in [0.2, 0.25) is 0 Å². The summed E-state index contributed by atoms with van der Waals surface area (Å²) in [5, 5.41) is 3.26. The SMILES string of the molecule is Cl.c1cc2c(cn1)CCN2. The van der Waals surface area contributed by atoms with E-state index in [1.54, 1.807) is 0 Å². The van der Waals surface area contributed by atoms with E-state index < -0.39 is 0 Å². The van der Waals surface area contributed by atoms with Crippen molar-refractivity contribution < 1.29 is 0 Å². The summed E-state index contributed by atoms with van der Waals surface area (Å²) in [6, 6.07) is 2.02. The molecule has 0 unspecified atom stereocenters. The molecule has 0 spiro atoms. The second-order valence-corrected chi connectivity index (χ2v) is 2.21. The summed E-state index contributed by atoms with van der Waals surface area (Å²) < 4.78 is 0. The number of pyridine rings is 1. The summed E-state index contributed by atoms with van der Waals surface area (Å²) in [5.41, 5.74) is 2.60. The summed E-state index contributed by atoms with van der Waals surface area (Å²) in [6.07, 6.45) is 4.87. The van der Waals surface area contributed by atoms with Gasteiger partial charge in [0.1, 0.15) is 0 Å². The van der Waals surface area contributed by atoms with Crippen molar-refractivity contribution in [3.8, 4) is 0 Å². The molecule has 0 aromatic carbocycles. The number of aromatic nitrogens is 1. The van der Waals surface area contributed by atoms with E-state index in [4.69, 9.17) is 0 Å². The maximum absolute atomic E-state index is 4.02. The van der Waals surface area contributed by atoms with Crippen molar-refractivity contribution in [1.29, 1.82) is 0 Å². The summed E-state index contributed by atoms with van der Waals surface area (Å²) in [4.78, 5) is 4.02. The van der Waals surface area contributed by atoms with Gasteiger partial charge in [0.05, 0.1) is 0 Å². The Morgan fingerprint density at radius 1 is 1.50 bits per heavy atom. The van der Waals surface area contributed by atoms with Gasteiger partial charge in [-0.2, -0.15) is 0 Å². The van der Waals surface area contributed by atoms with Gasteiger partial charge in [-0.25, -0.2) is 0 Å². The predicted octanol–water partition coefficient (Wildman–Crippen LogP) is 1.47. The molecule has 0 fully saturated rings. The summed E-state index contributed by atoms with van der Waals surface area (Å²) in [5.74, 6) is 0. The van der Waals surface area contributed by atoms with Crippen LogP contribution in [0.2, 0.25) is 0 Å². The number of fused-ring (bicyclic) bond motifs is 1. The Kier molecular flexibility index (Phi) is 2.12. The van der Waals surface area contributed by atoms with Crippen LogP contribution in [0.25, 0.3) is 0 Å². The van der Waals surface area contributed by atoms with Crippen LogP contribution in [0.5, 0.6) is 0 Å². The lowest BCUT2D eigenvalue weighted by molar-refractivity contribution is 1.09. The van der Waals surface area contributed by atoms with Gasteiger partial charge in [-0.1, -0.05) is 0 Å². The van der Waals surface area contributed by atoms with Crippen LogP contribution in [-0.2, 0) is 6.42 Å². The van der Waals surface area contributed by atoms with Crippen molar-refractivity contribution in [1.82, 2.24) is 4.98 Å². The van der Waals surface area contributed by atoms with E-state index in [2.05, 4.69) is 10.3 Å². The number of anilines is 1. The number of halogens is 1. The normalized spacial score (nSPS) is 13.2. The highest BCUT2D eigenvalue weighted by molar-refractivity contribution is 5.85. The lowest BCUT2D eigenvalue weighted by atomic mass is 10.2. The van der Waals surface area contributed by atoms with Gasteiger partial charge in [-0.15, -0.1) is 12.4 Å². The van der Waals surface area contributed by atoms with E-state index in [1.807, 2.05) is 18.5 Å². The van der Waals surface area contributed by atoms with E-state index in [9.17, 15) is 0 Å². The molecule has 54 valence electrons. The number of nitrogens with one attached hydrogen (secondary N) is 1. The van der Waals surface area contributed by atoms with E-state index in [1.165, 1.54) is 11.3 Å². The summed E-state index contributed by atoms with van der Waals surface area (Å²) >= 11 is 0. The molecule has 1 N–H and O–H groups in total. The Hall–Kier alpha value is -0.760. The van der Waals surface area contributed by atoms with Gasteiger partial charge in [0.15, 0.2) is 0 Å². The average molecular weight is 157 g/mol. The monoisotopic (exact) mass is 156 g/mol. The fourth-order valence-electron chi connectivity index (χ4n) is 1.13. The zero-order chi connectivity index (χ0) is 6.10.